The third-order valence-corrected chi connectivity index (χ3v) is 4.18. The van der Waals surface area contributed by atoms with Crippen LogP contribution in [0.1, 0.15) is 32.8 Å². The van der Waals surface area contributed by atoms with Crippen molar-refractivity contribution in [1.29, 1.82) is 0 Å². The van der Waals surface area contributed by atoms with Crippen molar-refractivity contribution >= 4 is 47.6 Å². The third kappa shape index (κ3) is 9.46. The molecule has 0 unspecified atom stereocenters. The highest BCUT2D eigenvalue weighted by Crippen LogP contribution is 2.38. The van der Waals surface area contributed by atoms with Crippen LogP contribution in [0.5, 0.6) is 11.5 Å². The van der Waals surface area contributed by atoms with E-state index in [1.807, 2.05) is 32.9 Å². The number of hydrogen-bond acceptors (Lipinski definition) is 5. The fraction of sp³-hybridized carbons (Fsp3) is 0.600. The number of carbonyl (C=O) groups excluding carboxylic acids is 1. The molecule has 0 radical (unpaired) electrons. The average molecular weight is 555 g/mol. The van der Waals surface area contributed by atoms with Crippen molar-refractivity contribution in [3.8, 4) is 11.5 Å². The van der Waals surface area contributed by atoms with Gasteiger partial charge in [0.05, 0.1) is 5.02 Å². The Hall–Kier alpha value is -1.62. The molecule has 0 bridgehead atoms. The second kappa shape index (κ2) is 12.9. The zero-order valence-corrected chi connectivity index (χ0v) is 21.1. The van der Waals surface area contributed by atoms with Crippen LogP contribution >= 0.6 is 35.6 Å². The van der Waals surface area contributed by atoms with E-state index in [9.17, 15) is 4.79 Å². The fourth-order valence-electron chi connectivity index (χ4n) is 2.65. The first-order valence-corrected chi connectivity index (χ1v) is 10.2. The standard InChI is InChI=1S/C20H31ClN4O4.HI/c1-20(2,3)29-19(26)25-8-5-7-23-18(22-4)24-9-6-14-12-15(21)17-16(13-14)27-10-11-28-17;/h12-13H,5-11H2,1-4H3,(H,25,26)(H2,22,23,24);1H. The predicted molar refractivity (Wildman–Crippen MR) is 130 cm³/mol. The van der Waals surface area contributed by atoms with Gasteiger partial charge in [0, 0.05) is 26.7 Å². The van der Waals surface area contributed by atoms with Gasteiger partial charge in [0.2, 0.25) is 0 Å². The molecule has 1 heterocycles. The smallest absolute Gasteiger partial charge is 0.407 e. The van der Waals surface area contributed by atoms with Crippen LogP contribution in [-0.2, 0) is 11.2 Å². The summed E-state index contributed by atoms with van der Waals surface area (Å²) in [5, 5.41) is 9.77. The minimum Gasteiger partial charge on any atom is -0.486 e. The van der Waals surface area contributed by atoms with Gasteiger partial charge < -0.3 is 30.2 Å². The number of halogens is 2. The SMILES string of the molecule is CN=C(NCCCNC(=O)OC(C)(C)C)NCCc1cc(Cl)c2c(c1)OCCO2.I. The predicted octanol–water partition coefficient (Wildman–Crippen LogP) is 3.35. The lowest BCUT2D eigenvalue weighted by Crippen LogP contribution is -2.40. The van der Waals surface area contributed by atoms with E-state index >= 15 is 0 Å². The highest BCUT2D eigenvalue weighted by atomic mass is 127. The summed E-state index contributed by atoms with van der Waals surface area (Å²) in [6.45, 7) is 8.44. The molecule has 30 heavy (non-hydrogen) atoms. The first kappa shape index (κ1) is 26.4. The van der Waals surface area contributed by atoms with Crippen molar-refractivity contribution < 1.29 is 19.0 Å². The Labute approximate surface area is 200 Å². The molecule has 2 rings (SSSR count). The van der Waals surface area contributed by atoms with Crippen molar-refractivity contribution in [2.45, 2.75) is 39.2 Å². The number of amides is 1. The van der Waals surface area contributed by atoms with Crippen LogP contribution in [-0.4, -0.2) is 57.5 Å². The molecule has 3 N–H and O–H groups in total. The van der Waals surface area contributed by atoms with Crippen LogP contribution < -0.4 is 25.4 Å². The van der Waals surface area contributed by atoms with Crippen molar-refractivity contribution in [2.24, 2.45) is 4.99 Å². The molecule has 0 spiro atoms. The molecule has 1 aromatic carbocycles. The fourth-order valence-corrected chi connectivity index (χ4v) is 2.94. The molecule has 0 aliphatic carbocycles. The van der Waals surface area contributed by atoms with Gasteiger partial charge in [0.15, 0.2) is 17.5 Å². The second-order valence-electron chi connectivity index (χ2n) is 7.56. The van der Waals surface area contributed by atoms with E-state index in [2.05, 4.69) is 20.9 Å². The molecule has 1 amide bonds. The van der Waals surface area contributed by atoms with Crippen molar-refractivity contribution in [2.75, 3.05) is 39.9 Å². The van der Waals surface area contributed by atoms with Gasteiger partial charge in [-0.3, -0.25) is 4.99 Å². The van der Waals surface area contributed by atoms with Crippen LogP contribution in [0.25, 0.3) is 0 Å². The molecule has 10 heteroatoms. The number of carbonyl (C=O) groups is 1. The summed E-state index contributed by atoms with van der Waals surface area (Å²) < 4.78 is 16.3. The van der Waals surface area contributed by atoms with Gasteiger partial charge in [-0.25, -0.2) is 4.79 Å². The first-order chi connectivity index (χ1) is 13.8. The van der Waals surface area contributed by atoms with Crippen LogP contribution in [0.4, 0.5) is 4.79 Å². The summed E-state index contributed by atoms with van der Waals surface area (Å²) in [7, 11) is 1.72. The van der Waals surface area contributed by atoms with Crippen LogP contribution in [0.2, 0.25) is 5.02 Å². The second-order valence-corrected chi connectivity index (χ2v) is 7.97. The molecule has 1 aliphatic rings. The Kier molecular flexibility index (Phi) is 11.4. The number of hydrogen-bond donors (Lipinski definition) is 3. The molecule has 1 aliphatic heterocycles. The van der Waals surface area contributed by atoms with Gasteiger partial charge in [-0.15, -0.1) is 24.0 Å². The quantitative estimate of drug-likeness (QED) is 0.207. The largest absolute Gasteiger partial charge is 0.486 e. The lowest BCUT2D eigenvalue weighted by atomic mass is 10.1. The highest BCUT2D eigenvalue weighted by Gasteiger charge is 2.17. The Bertz CT molecular complexity index is 725. The van der Waals surface area contributed by atoms with Crippen LogP contribution in [0.15, 0.2) is 17.1 Å². The molecule has 0 fully saturated rings. The van der Waals surface area contributed by atoms with E-state index in [0.717, 1.165) is 18.4 Å². The zero-order chi connectivity index (χ0) is 21.3. The lowest BCUT2D eigenvalue weighted by Gasteiger charge is -2.20. The number of aliphatic imine (C=N–C) groups is 1. The number of fused-ring (bicyclic) bond motifs is 1. The van der Waals surface area contributed by atoms with Gasteiger partial charge in [-0.05, 0) is 51.3 Å². The minimum absolute atomic E-state index is 0. The Morgan fingerprint density at radius 2 is 1.80 bits per heavy atom. The number of guanidine groups is 1. The number of nitrogens with zero attached hydrogens (tertiary/aromatic N) is 1. The topological polar surface area (TPSA) is 93.2 Å². The summed E-state index contributed by atoms with van der Waals surface area (Å²) in [6, 6.07) is 3.86. The van der Waals surface area contributed by atoms with Crippen molar-refractivity contribution in [3.63, 3.8) is 0 Å². The van der Waals surface area contributed by atoms with Crippen molar-refractivity contribution in [1.82, 2.24) is 16.0 Å². The summed E-state index contributed by atoms with van der Waals surface area (Å²) in [5.41, 5.74) is 0.569. The molecular formula is C20H32ClIN4O4. The van der Waals surface area contributed by atoms with Gasteiger partial charge in [0.1, 0.15) is 18.8 Å². The van der Waals surface area contributed by atoms with E-state index in [-0.39, 0.29) is 24.0 Å². The van der Waals surface area contributed by atoms with E-state index in [1.165, 1.54) is 0 Å². The molecule has 0 aromatic heterocycles. The highest BCUT2D eigenvalue weighted by molar-refractivity contribution is 14.0. The molecule has 8 nitrogen and oxygen atoms in total. The number of alkyl carbamates (subject to hydrolysis) is 1. The van der Waals surface area contributed by atoms with Crippen molar-refractivity contribution in [3.05, 3.63) is 22.7 Å². The monoisotopic (exact) mass is 554 g/mol. The Morgan fingerprint density at radius 1 is 1.13 bits per heavy atom. The maximum atomic E-state index is 11.6. The van der Waals surface area contributed by atoms with Crippen LogP contribution in [0, 0.1) is 0 Å². The molecule has 0 saturated heterocycles. The first-order valence-electron chi connectivity index (χ1n) is 9.78. The zero-order valence-electron chi connectivity index (χ0n) is 18.0. The maximum Gasteiger partial charge on any atom is 0.407 e. The van der Waals surface area contributed by atoms with Gasteiger partial charge in [0.25, 0.3) is 0 Å². The Morgan fingerprint density at radius 3 is 2.50 bits per heavy atom. The number of rotatable bonds is 7. The maximum absolute atomic E-state index is 11.6. The molecule has 0 saturated carbocycles. The Balaban J connectivity index is 0.00000450. The minimum atomic E-state index is -0.490. The van der Waals surface area contributed by atoms with E-state index < -0.39 is 11.7 Å². The lowest BCUT2D eigenvalue weighted by molar-refractivity contribution is 0.0527. The number of benzene rings is 1. The molecule has 170 valence electrons. The normalized spacial score (nSPS) is 13.2. The summed E-state index contributed by atoms with van der Waals surface area (Å²) in [5.74, 6) is 2.01. The molecule has 1 aromatic rings. The average Bonchev–Trinajstić information content (AvgIpc) is 2.65. The number of ether oxygens (including phenoxy) is 3. The van der Waals surface area contributed by atoms with E-state index in [4.69, 9.17) is 25.8 Å². The van der Waals surface area contributed by atoms with Gasteiger partial charge >= 0.3 is 6.09 Å². The van der Waals surface area contributed by atoms with E-state index in [0.29, 0.717) is 55.3 Å². The van der Waals surface area contributed by atoms with E-state index in [1.54, 1.807) is 7.05 Å². The summed E-state index contributed by atoms with van der Waals surface area (Å²) >= 11 is 6.27. The van der Waals surface area contributed by atoms with Crippen LogP contribution in [0.3, 0.4) is 0 Å². The molecule has 0 atom stereocenters. The summed E-state index contributed by atoms with van der Waals surface area (Å²) in [4.78, 5) is 15.8. The molecular weight excluding hydrogens is 523 g/mol. The number of nitrogens with one attached hydrogen (secondary N) is 3. The summed E-state index contributed by atoms with van der Waals surface area (Å²) in [6.07, 6.45) is 1.10. The van der Waals surface area contributed by atoms with Gasteiger partial charge in [-0.1, -0.05) is 11.6 Å². The third-order valence-electron chi connectivity index (χ3n) is 3.90. The van der Waals surface area contributed by atoms with Gasteiger partial charge in [-0.2, -0.15) is 0 Å².